The van der Waals surface area contributed by atoms with Gasteiger partial charge < -0.3 is 33.5 Å². The third-order valence-corrected chi connectivity index (χ3v) is 7.04. The molecule has 4 rings (SSSR count). The van der Waals surface area contributed by atoms with Crippen molar-refractivity contribution in [2.75, 3.05) is 40.0 Å². The molecule has 1 aliphatic carbocycles. The predicted octanol–water partition coefficient (Wildman–Crippen LogP) is 5.37. The van der Waals surface area contributed by atoms with Crippen LogP contribution in [0.25, 0.3) is 0 Å². The van der Waals surface area contributed by atoms with Crippen molar-refractivity contribution in [3.8, 4) is 11.5 Å². The lowest BCUT2D eigenvalue weighted by molar-refractivity contribution is -0.151. The number of amides is 2. The van der Waals surface area contributed by atoms with E-state index in [2.05, 4.69) is 0 Å². The van der Waals surface area contributed by atoms with E-state index in [4.69, 9.17) is 23.7 Å². The fourth-order valence-corrected chi connectivity index (χ4v) is 4.79. The minimum Gasteiger partial charge on any atom is -0.490 e. The van der Waals surface area contributed by atoms with Crippen LogP contribution in [0.2, 0.25) is 0 Å². The van der Waals surface area contributed by atoms with Crippen LogP contribution in [0.1, 0.15) is 64.1 Å². The molecule has 1 saturated carbocycles. The Bertz CT molecular complexity index is 1150. The largest absolute Gasteiger partial charge is 0.490 e. The molecule has 0 unspecified atom stereocenters. The molecule has 0 N–H and O–H groups in total. The molecule has 9 heteroatoms. The van der Waals surface area contributed by atoms with E-state index in [9.17, 15) is 9.59 Å². The van der Waals surface area contributed by atoms with Crippen LogP contribution in [0.4, 0.5) is 4.79 Å². The molecule has 2 aromatic rings. The highest BCUT2D eigenvalue weighted by molar-refractivity contribution is 5.83. The second-order valence-electron chi connectivity index (χ2n) is 11.6. The fraction of sp³-hybridized carbons (Fsp3) is 0.562. The lowest BCUT2D eigenvalue weighted by atomic mass is 10.0. The van der Waals surface area contributed by atoms with Crippen LogP contribution in [0.15, 0.2) is 48.5 Å². The van der Waals surface area contributed by atoms with Gasteiger partial charge in [-0.1, -0.05) is 36.4 Å². The number of rotatable bonds is 12. The zero-order chi connectivity index (χ0) is 29.4. The molecule has 2 atom stereocenters. The Balaban J connectivity index is 1.49. The maximum absolute atomic E-state index is 13.9. The molecule has 1 heterocycles. The summed E-state index contributed by atoms with van der Waals surface area (Å²) in [5.74, 6) is 1.17. The van der Waals surface area contributed by atoms with Crippen molar-refractivity contribution in [3.05, 3.63) is 59.7 Å². The van der Waals surface area contributed by atoms with Gasteiger partial charge in [-0.25, -0.2) is 4.79 Å². The highest BCUT2D eigenvalue weighted by atomic mass is 16.6. The first-order valence-corrected chi connectivity index (χ1v) is 14.5. The van der Waals surface area contributed by atoms with E-state index in [-0.39, 0.29) is 31.1 Å². The van der Waals surface area contributed by atoms with Gasteiger partial charge in [-0.15, -0.1) is 0 Å². The van der Waals surface area contributed by atoms with Gasteiger partial charge in [-0.3, -0.25) is 4.79 Å². The van der Waals surface area contributed by atoms with E-state index in [1.54, 1.807) is 12.0 Å². The molecule has 2 fully saturated rings. The van der Waals surface area contributed by atoms with E-state index < -0.39 is 17.8 Å². The number of morpholine rings is 1. The zero-order valence-corrected chi connectivity index (χ0v) is 25.0. The van der Waals surface area contributed by atoms with Gasteiger partial charge in [0.05, 0.1) is 25.8 Å². The number of nitrogens with zero attached hydrogens (tertiary/aromatic N) is 2. The maximum Gasteiger partial charge on any atom is 0.410 e. The summed E-state index contributed by atoms with van der Waals surface area (Å²) >= 11 is 0. The summed E-state index contributed by atoms with van der Waals surface area (Å²) in [5.41, 5.74) is 1.40. The van der Waals surface area contributed by atoms with Crippen molar-refractivity contribution >= 4 is 12.0 Å². The molecule has 9 nitrogen and oxygen atoms in total. The second-order valence-corrected chi connectivity index (χ2v) is 11.6. The Hall–Kier alpha value is -3.30. The van der Waals surface area contributed by atoms with Gasteiger partial charge in [-0.05, 0) is 63.8 Å². The number of benzene rings is 2. The monoisotopic (exact) mass is 568 g/mol. The summed E-state index contributed by atoms with van der Waals surface area (Å²) in [4.78, 5) is 30.0. The van der Waals surface area contributed by atoms with Gasteiger partial charge >= 0.3 is 6.09 Å². The molecule has 1 saturated heterocycles. The van der Waals surface area contributed by atoms with Crippen LogP contribution in [-0.4, -0.2) is 79.6 Å². The third-order valence-electron chi connectivity index (χ3n) is 7.04. The molecule has 0 bridgehead atoms. The SMILES string of the molecule is COCCCOc1cc([C@@H](C)N(C(=O)[C@H]2CN(C(=O)OC(C)(C)C)CCO2)C2CC2)ccc1OCc1ccccc1. The summed E-state index contributed by atoms with van der Waals surface area (Å²) in [7, 11) is 1.67. The Morgan fingerprint density at radius 3 is 2.49 bits per heavy atom. The summed E-state index contributed by atoms with van der Waals surface area (Å²) in [6.45, 7) is 9.87. The van der Waals surface area contributed by atoms with Gasteiger partial charge in [0.1, 0.15) is 12.2 Å². The number of carbonyl (C=O) groups excluding carboxylic acids is 2. The van der Waals surface area contributed by atoms with Crippen LogP contribution in [0, 0.1) is 0 Å². The standard InChI is InChI=1S/C32H44N2O7/c1-23(34(26-13-14-26)30(35)29-21-33(16-19-39-29)31(36)41-32(2,3)4)25-12-15-27(28(20-25)38-18-9-17-37-5)40-22-24-10-7-6-8-11-24/h6-8,10-12,15,20,23,26,29H,9,13-14,16-19,21-22H2,1-5H3/t23-,29-/m1/s1. The van der Waals surface area contributed by atoms with Gasteiger partial charge in [0.15, 0.2) is 17.6 Å². The molecule has 0 spiro atoms. The van der Waals surface area contributed by atoms with Crippen molar-refractivity contribution in [1.82, 2.24) is 9.80 Å². The highest BCUT2D eigenvalue weighted by Gasteiger charge is 2.42. The lowest BCUT2D eigenvalue weighted by Crippen LogP contribution is -2.54. The van der Waals surface area contributed by atoms with E-state index >= 15 is 0 Å². The molecular weight excluding hydrogens is 524 g/mol. The summed E-state index contributed by atoms with van der Waals surface area (Å²) in [5, 5.41) is 0. The first kappa shape index (κ1) is 30.7. The maximum atomic E-state index is 13.9. The third kappa shape index (κ3) is 8.84. The molecule has 0 radical (unpaired) electrons. The molecule has 0 aromatic heterocycles. The Labute approximate surface area is 243 Å². The first-order chi connectivity index (χ1) is 19.7. The van der Waals surface area contributed by atoms with E-state index in [0.717, 1.165) is 30.4 Å². The smallest absolute Gasteiger partial charge is 0.410 e. The number of carbonyl (C=O) groups is 2. The van der Waals surface area contributed by atoms with Gasteiger partial charge in [-0.2, -0.15) is 0 Å². The van der Waals surface area contributed by atoms with Gasteiger partial charge in [0, 0.05) is 32.7 Å². The number of ether oxygens (including phenoxy) is 5. The predicted molar refractivity (Wildman–Crippen MR) is 155 cm³/mol. The van der Waals surface area contributed by atoms with Crippen molar-refractivity contribution in [1.29, 1.82) is 0 Å². The fourth-order valence-electron chi connectivity index (χ4n) is 4.79. The lowest BCUT2D eigenvalue weighted by Gasteiger charge is -2.38. The minimum absolute atomic E-state index is 0.111. The average molecular weight is 569 g/mol. The number of hydrogen-bond donors (Lipinski definition) is 0. The zero-order valence-electron chi connectivity index (χ0n) is 25.0. The van der Waals surface area contributed by atoms with Crippen LogP contribution in [0.3, 0.4) is 0 Å². The number of methoxy groups -OCH3 is 1. The van der Waals surface area contributed by atoms with Crippen LogP contribution in [-0.2, 0) is 25.6 Å². The normalized spacial score (nSPS) is 18.0. The Kier molecular flexibility index (Phi) is 10.5. The van der Waals surface area contributed by atoms with Crippen LogP contribution >= 0.6 is 0 Å². The minimum atomic E-state index is -0.738. The quantitative estimate of drug-likeness (QED) is 0.318. The average Bonchev–Trinajstić information content (AvgIpc) is 3.79. The van der Waals surface area contributed by atoms with E-state index in [1.165, 1.54) is 0 Å². The van der Waals surface area contributed by atoms with E-state index in [1.807, 2.05) is 81.1 Å². The first-order valence-electron chi connectivity index (χ1n) is 14.5. The molecule has 41 heavy (non-hydrogen) atoms. The summed E-state index contributed by atoms with van der Waals surface area (Å²) < 4.78 is 28.9. The second kappa shape index (κ2) is 14.0. The van der Waals surface area contributed by atoms with Crippen LogP contribution < -0.4 is 9.47 Å². The Morgan fingerprint density at radius 1 is 1.05 bits per heavy atom. The molecular formula is C32H44N2O7. The molecule has 2 aliphatic rings. The molecule has 2 amide bonds. The van der Waals surface area contributed by atoms with E-state index in [0.29, 0.717) is 37.9 Å². The van der Waals surface area contributed by atoms with Gasteiger partial charge in [0.2, 0.25) is 0 Å². The van der Waals surface area contributed by atoms with Gasteiger partial charge in [0.25, 0.3) is 5.91 Å². The molecule has 2 aromatic carbocycles. The van der Waals surface area contributed by atoms with Crippen molar-refractivity contribution in [2.24, 2.45) is 0 Å². The van der Waals surface area contributed by atoms with Crippen molar-refractivity contribution in [3.63, 3.8) is 0 Å². The number of hydrogen-bond acceptors (Lipinski definition) is 7. The summed E-state index contributed by atoms with van der Waals surface area (Å²) in [6, 6.07) is 15.8. The topological polar surface area (TPSA) is 86.8 Å². The van der Waals surface area contributed by atoms with Crippen molar-refractivity contribution in [2.45, 2.75) is 77.4 Å². The molecule has 1 aliphatic heterocycles. The molecule has 224 valence electrons. The highest BCUT2D eigenvalue weighted by Crippen LogP contribution is 2.38. The Morgan fingerprint density at radius 2 is 1.80 bits per heavy atom. The summed E-state index contributed by atoms with van der Waals surface area (Å²) in [6.07, 6.45) is 1.46. The van der Waals surface area contributed by atoms with Crippen molar-refractivity contribution < 1.29 is 33.3 Å². The van der Waals surface area contributed by atoms with Crippen LogP contribution in [0.5, 0.6) is 11.5 Å².